The van der Waals surface area contributed by atoms with E-state index >= 15 is 0 Å². The molecule has 0 atom stereocenters. The molecule has 6 rings (SSSR count). The Morgan fingerprint density at radius 1 is 0.761 bits per heavy atom. The minimum absolute atomic E-state index is 0.0844. The van der Waals surface area contributed by atoms with E-state index in [1.807, 2.05) is 9.80 Å². The number of benzene rings is 2. The summed E-state index contributed by atoms with van der Waals surface area (Å²) in [6.45, 7) is 2.31. The smallest absolute Gasteiger partial charge is 0.148 e. The van der Waals surface area contributed by atoms with Crippen molar-refractivity contribution in [2.45, 2.75) is 38.8 Å². The van der Waals surface area contributed by atoms with Crippen LogP contribution in [0.25, 0.3) is 32.3 Å². The largest absolute Gasteiger partial charge is 0.368 e. The van der Waals surface area contributed by atoms with Gasteiger partial charge in [0.25, 0.3) is 0 Å². The van der Waals surface area contributed by atoms with Crippen molar-refractivity contribution in [3.05, 3.63) is 92.7 Å². The van der Waals surface area contributed by atoms with Crippen LogP contribution in [0.15, 0.2) is 59.0 Å². The molecule has 0 bridgehead atoms. The molecule has 0 aliphatic carbocycles. The molecule has 236 valence electrons. The van der Waals surface area contributed by atoms with Crippen molar-refractivity contribution in [3.63, 3.8) is 0 Å². The van der Waals surface area contributed by atoms with Crippen LogP contribution in [0.2, 0.25) is 0 Å². The van der Waals surface area contributed by atoms with Crippen LogP contribution in [0, 0.1) is 11.6 Å². The molecule has 0 spiro atoms. The van der Waals surface area contributed by atoms with Crippen molar-refractivity contribution in [2.24, 2.45) is 10.2 Å². The average Bonchev–Trinajstić information content (AvgIpc) is 3.74. The third-order valence-corrected chi connectivity index (χ3v) is 7.45. The van der Waals surface area contributed by atoms with Crippen LogP contribution in [0.3, 0.4) is 0 Å². The molecule has 0 radical (unpaired) electrons. The van der Waals surface area contributed by atoms with Gasteiger partial charge < -0.3 is 9.80 Å². The van der Waals surface area contributed by atoms with Gasteiger partial charge in [-0.05, 0) is 35.3 Å². The highest BCUT2D eigenvalue weighted by Crippen LogP contribution is 2.26. The molecule has 4 heterocycles. The maximum Gasteiger partial charge on any atom is 0.148 e. The predicted molar refractivity (Wildman–Crippen MR) is 161 cm³/mol. The van der Waals surface area contributed by atoms with Crippen LogP contribution < -0.4 is 9.80 Å². The van der Waals surface area contributed by atoms with Gasteiger partial charge in [-0.3, -0.25) is 9.59 Å². The molecule has 4 aromatic rings. The first-order valence-electron chi connectivity index (χ1n) is 14.3. The lowest BCUT2D eigenvalue weighted by molar-refractivity contribution is -0.120. The summed E-state index contributed by atoms with van der Waals surface area (Å²) in [5, 5.41) is 22.3. The van der Waals surface area contributed by atoms with Crippen molar-refractivity contribution in [2.75, 3.05) is 36.0 Å². The van der Waals surface area contributed by atoms with E-state index in [1.165, 1.54) is 27.7 Å². The standard InChI is InChI=1S/2C14H14FN7O/c15-13-7-11(22-9-10(18-20-22)8-17-19-16)1-2-14(13)21-5-3-12(23)4-6-21;15-13-7-10(22-11(8-17-19-16)9-18-20-22)1-2-14(13)21-5-3-12(23)4-6-21/h2*1-2,7,9H,3-6,8H2. The summed E-state index contributed by atoms with van der Waals surface area (Å²) in [4.78, 5) is 31.6. The van der Waals surface area contributed by atoms with E-state index in [9.17, 15) is 18.4 Å². The Labute approximate surface area is 260 Å². The Bertz CT molecular complexity index is 1810. The van der Waals surface area contributed by atoms with Crippen LogP contribution in [0.5, 0.6) is 0 Å². The van der Waals surface area contributed by atoms with Crippen molar-refractivity contribution < 1.29 is 18.4 Å². The van der Waals surface area contributed by atoms with Crippen LogP contribution >= 0.6 is 0 Å². The number of Topliss-reactive ketones (excluding diaryl/α,β-unsaturated/α-hetero) is 2. The molecule has 2 saturated heterocycles. The number of ketones is 2. The maximum atomic E-state index is 14.4. The normalized spacial score (nSPS) is 14.7. The number of hydrogen-bond donors (Lipinski definition) is 0. The number of aromatic nitrogens is 6. The van der Waals surface area contributed by atoms with E-state index in [2.05, 4.69) is 40.7 Å². The molecule has 2 fully saturated rings. The number of nitrogens with zero attached hydrogens (tertiary/aromatic N) is 14. The first kappa shape index (κ1) is 31.6. The molecule has 2 aromatic carbocycles. The zero-order valence-electron chi connectivity index (χ0n) is 24.5. The molecule has 46 heavy (non-hydrogen) atoms. The zero-order chi connectivity index (χ0) is 32.5. The van der Waals surface area contributed by atoms with Gasteiger partial charge in [0.2, 0.25) is 0 Å². The molecule has 18 heteroatoms. The Morgan fingerprint density at radius 3 is 1.87 bits per heavy atom. The number of azide groups is 2. The van der Waals surface area contributed by atoms with E-state index in [4.69, 9.17) is 11.1 Å². The van der Waals surface area contributed by atoms with Crippen molar-refractivity contribution in [3.8, 4) is 11.4 Å². The van der Waals surface area contributed by atoms with Gasteiger partial charge in [0.1, 0.15) is 23.2 Å². The second kappa shape index (κ2) is 14.7. The number of hydrogen-bond acceptors (Lipinski definition) is 10. The van der Waals surface area contributed by atoms with Crippen LogP contribution in [-0.4, -0.2) is 67.7 Å². The summed E-state index contributed by atoms with van der Waals surface area (Å²) >= 11 is 0. The fourth-order valence-electron chi connectivity index (χ4n) is 5.06. The van der Waals surface area contributed by atoms with Gasteiger partial charge in [0, 0.05) is 73.8 Å². The highest BCUT2D eigenvalue weighted by atomic mass is 19.1. The van der Waals surface area contributed by atoms with Gasteiger partial charge in [0.15, 0.2) is 0 Å². The fourth-order valence-corrected chi connectivity index (χ4v) is 5.06. The minimum Gasteiger partial charge on any atom is -0.368 e. The highest BCUT2D eigenvalue weighted by molar-refractivity contribution is 5.81. The number of piperidine rings is 2. The van der Waals surface area contributed by atoms with Gasteiger partial charge in [-0.2, -0.15) is 0 Å². The Hall–Kier alpha value is -5.86. The second-order valence-corrected chi connectivity index (χ2v) is 10.4. The van der Waals surface area contributed by atoms with Crippen LogP contribution in [0.1, 0.15) is 37.1 Å². The molecule has 2 aromatic heterocycles. The van der Waals surface area contributed by atoms with Gasteiger partial charge >= 0.3 is 0 Å². The molecular weight excluding hydrogens is 602 g/mol. The van der Waals surface area contributed by atoms with Gasteiger partial charge in [-0.25, -0.2) is 18.1 Å². The monoisotopic (exact) mass is 630 g/mol. The highest BCUT2D eigenvalue weighted by Gasteiger charge is 2.21. The van der Waals surface area contributed by atoms with Crippen molar-refractivity contribution in [1.29, 1.82) is 0 Å². The molecule has 2 aliphatic rings. The summed E-state index contributed by atoms with van der Waals surface area (Å²) in [7, 11) is 0. The SMILES string of the molecule is [N-]=[N+]=NCc1cn(-c2ccc(N3CCC(=O)CC3)c(F)c2)nn1.[N-]=[N+]=NCc1cnnn1-c1ccc(N2CCC(=O)CC2)c(F)c1. The first-order chi connectivity index (χ1) is 22.4. The molecule has 0 unspecified atom stereocenters. The van der Waals surface area contributed by atoms with Gasteiger partial charge in [-0.1, -0.05) is 20.7 Å². The molecule has 16 nitrogen and oxygen atoms in total. The maximum absolute atomic E-state index is 14.4. The summed E-state index contributed by atoms with van der Waals surface area (Å²) in [5.74, 6) is -0.330. The van der Waals surface area contributed by atoms with Gasteiger partial charge in [0.05, 0.1) is 59.6 Å². The predicted octanol–water partition coefficient (Wildman–Crippen LogP) is 4.77. The Kier molecular flexibility index (Phi) is 10.1. The fraction of sp³-hybridized carbons (Fsp3) is 0.357. The lowest BCUT2D eigenvalue weighted by Gasteiger charge is -2.28. The van der Waals surface area contributed by atoms with Crippen molar-refractivity contribution in [1.82, 2.24) is 30.0 Å². The molecule has 0 amide bonds. The molecule has 2 aliphatic heterocycles. The van der Waals surface area contributed by atoms with E-state index in [1.54, 1.807) is 30.5 Å². The Balaban J connectivity index is 0.000000181. The zero-order valence-corrected chi connectivity index (χ0v) is 24.5. The molecule has 0 saturated carbocycles. The summed E-state index contributed by atoms with van der Waals surface area (Å²) in [6, 6.07) is 9.54. The summed E-state index contributed by atoms with van der Waals surface area (Å²) < 4.78 is 31.7. The third-order valence-electron chi connectivity index (χ3n) is 7.45. The number of rotatable bonds is 8. The lowest BCUT2D eigenvalue weighted by Crippen LogP contribution is -2.34. The first-order valence-corrected chi connectivity index (χ1v) is 14.3. The van der Waals surface area contributed by atoms with E-state index in [0.717, 1.165) is 0 Å². The number of halogens is 2. The quantitative estimate of drug-likeness (QED) is 0.150. The second-order valence-electron chi connectivity index (χ2n) is 10.4. The lowest BCUT2D eigenvalue weighted by atomic mass is 10.1. The van der Waals surface area contributed by atoms with Crippen molar-refractivity contribution >= 4 is 22.9 Å². The van der Waals surface area contributed by atoms with Gasteiger partial charge in [-0.15, -0.1) is 10.2 Å². The third kappa shape index (κ3) is 7.61. The van der Waals surface area contributed by atoms with E-state index in [0.29, 0.717) is 86.0 Å². The van der Waals surface area contributed by atoms with E-state index < -0.39 is 0 Å². The van der Waals surface area contributed by atoms with E-state index in [-0.39, 0.29) is 36.3 Å². The van der Waals surface area contributed by atoms with Crippen LogP contribution in [-0.2, 0) is 22.7 Å². The molecular formula is C28H28F2N14O2. The number of carbonyl (C=O) groups excluding carboxylic acids is 2. The Morgan fingerprint density at radius 2 is 1.30 bits per heavy atom. The number of carbonyl (C=O) groups is 2. The minimum atomic E-state index is -0.387. The summed E-state index contributed by atoms with van der Waals surface area (Å²) in [6.07, 6.45) is 4.85. The average molecular weight is 631 g/mol. The van der Waals surface area contributed by atoms with Crippen LogP contribution in [0.4, 0.5) is 20.2 Å². The topological polar surface area (TPSA) is 200 Å². The summed E-state index contributed by atoms with van der Waals surface area (Å²) in [5.41, 5.74) is 19.7. The molecule has 0 N–H and O–H groups in total. The number of anilines is 2.